The van der Waals surface area contributed by atoms with Crippen molar-refractivity contribution in [3.63, 3.8) is 0 Å². The van der Waals surface area contributed by atoms with Crippen molar-refractivity contribution in [2.24, 2.45) is 0 Å². The standard InChI is InChI=1S/2H3O3P.Sn.2H/c2*1-4(2)3;;;/h2*4H,(H2,1,2,3);;;. The minimum absolute atomic E-state index is 0. The van der Waals surface area contributed by atoms with Gasteiger partial charge in [-0.05, 0) is 0 Å². The molecule has 0 fully saturated rings. The molecular formula is H8O6P2Sn. The van der Waals surface area contributed by atoms with E-state index in [-0.39, 0.29) is 23.9 Å². The summed E-state index contributed by atoms with van der Waals surface area (Å²) >= 11 is 0. The van der Waals surface area contributed by atoms with Crippen LogP contribution in [-0.2, 0) is 9.13 Å². The van der Waals surface area contributed by atoms with Gasteiger partial charge in [-0.3, -0.25) is 9.13 Å². The summed E-state index contributed by atoms with van der Waals surface area (Å²) in [7, 11) is -6.26. The fourth-order valence-corrected chi connectivity index (χ4v) is 0. The van der Waals surface area contributed by atoms with E-state index in [1.807, 2.05) is 0 Å². The fraction of sp³-hybridized carbons (Fsp3) is 0. The monoisotopic (exact) mass is 286 g/mol. The van der Waals surface area contributed by atoms with E-state index in [4.69, 9.17) is 28.7 Å². The molecule has 0 bridgehead atoms. The Balaban J connectivity index is -0.0000000720. The third-order valence-corrected chi connectivity index (χ3v) is 0. The van der Waals surface area contributed by atoms with Crippen molar-refractivity contribution >= 4 is 40.4 Å². The second-order valence-electron chi connectivity index (χ2n) is 0.565. The van der Waals surface area contributed by atoms with E-state index in [1.165, 1.54) is 0 Å². The third-order valence-electron chi connectivity index (χ3n) is 0. The van der Waals surface area contributed by atoms with Gasteiger partial charge < -0.3 is 19.6 Å². The Hall–Kier alpha value is 1.10. The normalized spacial score (nSPS) is 7.78. The molecule has 0 heterocycles. The Morgan fingerprint density at radius 3 is 0.778 bits per heavy atom. The molecular weight excluding hydrogens is 277 g/mol. The van der Waals surface area contributed by atoms with Crippen LogP contribution in [0.5, 0.6) is 0 Å². The molecule has 58 valence electrons. The molecule has 0 aliphatic heterocycles. The molecule has 6 nitrogen and oxygen atoms in total. The molecule has 9 heteroatoms. The molecule has 0 unspecified atom stereocenters. The van der Waals surface area contributed by atoms with Crippen LogP contribution in [0.25, 0.3) is 0 Å². The summed E-state index contributed by atoms with van der Waals surface area (Å²) in [5, 5.41) is 0. The van der Waals surface area contributed by atoms with Crippen molar-refractivity contribution in [3.05, 3.63) is 0 Å². The Bertz CT molecular complexity index is 69.1. The Morgan fingerprint density at radius 2 is 0.778 bits per heavy atom. The van der Waals surface area contributed by atoms with Gasteiger partial charge >= 0.3 is 40.4 Å². The summed E-state index contributed by atoms with van der Waals surface area (Å²) < 4.78 is 17.5. The van der Waals surface area contributed by atoms with Crippen molar-refractivity contribution in [2.75, 3.05) is 0 Å². The first-order valence-corrected chi connectivity index (χ1v) is 3.91. The summed E-state index contributed by atoms with van der Waals surface area (Å²) in [4.78, 5) is 28.6. The maximum atomic E-state index is 8.74. The van der Waals surface area contributed by atoms with Crippen LogP contribution in [0.1, 0.15) is 0 Å². The number of rotatable bonds is 0. The Morgan fingerprint density at radius 1 is 0.778 bits per heavy atom. The fourth-order valence-electron chi connectivity index (χ4n) is 0. The Kier molecular flexibility index (Phi) is 21.8. The predicted molar refractivity (Wildman–Crippen MR) is 35.4 cm³/mol. The van der Waals surface area contributed by atoms with Gasteiger partial charge in [-0.15, -0.1) is 0 Å². The zero-order chi connectivity index (χ0) is 7.15. The average Bonchev–Trinajstić information content (AvgIpc) is 1.25. The molecule has 0 atom stereocenters. The van der Waals surface area contributed by atoms with Crippen molar-refractivity contribution in [1.29, 1.82) is 0 Å². The van der Waals surface area contributed by atoms with Gasteiger partial charge in [0.1, 0.15) is 0 Å². The second kappa shape index (κ2) is 11.8. The van der Waals surface area contributed by atoms with Crippen LogP contribution < -0.4 is 0 Å². The van der Waals surface area contributed by atoms with Crippen LogP contribution in [0.3, 0.4) is 0 Å². The summed E-state index contributed by atoms with van der Waals surface area (Å²) in [6.07, 6.45) is 0. The van der Waals surface area contributed by atoms with Gasteiger partial charge in [-0.1, -0.05) is 0 Å². The van der Waals surface area contributed by atoms with Gasteiger partial charge in [0.25, 0.3) is 0 Å². The summed E-state index contributed by atoms with van der Waals surface area (Å²) in [6, 6.07) is 0. The molecule has 0 aromatic rings. The van der Waals surface area contributed by atoms with E-state index in [0.717, 1.165) is 0 Å². The van der Waals surface area contributed by atoms with Gasteiger partial charge in [-0.25, -0.2) is 0 Å². The van der Waals surface area contributed by atoms with Crippen molar-refractivity contribution in [3.8, 4) is 0 Å². The number of hydrogen-bond acceptors (Lipinski definition) is 2. The van der Waals surface area contributed by atoms with Crippen LogP contribution >= 0.6 is 16.5 Å². The predicted octanol–water partition coefficient (Wildman–Crippen LogP) is -2.19. The van der Waals surface area contributed by atoms with Gasteiger partial charge in [0.05, 0.1) is 0 Å². The third kappa shape index (κ3) is 380. The second-order valence-corrected chi connectivity index (χ2v) is 1.70. The molecule has 0 aliphatic carbocycles. The molecule has 0 amide bonds. The quantitative estimate of drug-likeness (QED) is 0.297. The van der Waals surface area contributed by atoms with Crippen LogP contribution in [0, 0.1) is 0 Å². The van der Waals surface area contributed by atoms with Gasteiger partial charge in [0.15, 0.2) is 0 Å². The molecule has 4 N–H and O–H groups in total. The van der Waals surface area contributed by atoms with Gasteiger partial charge in [0, 0.05) is 0 Å². The first-order valence-electron chi connectivity index (χ1n) is 1.30. The van der Waals surface area contributed by atoms with Crippen molar-refractivity contribution in [2.45, 2.75) is 0 Å². The zero-order valence-corrected chi connectivity index (χ0v) is 10.3. The van der Waals surface area contributed by atoms with Gasteiger partial charge in [-0.2, -0.15) is 0 Å². The summed E-state index contributed by atoms with van der Waals surface area (Å²) in [5.74, 6) is 0. The molecule has 0 rings (SSSR count). The van der Waals surface area contributed by atoms with Crippen molar-refractivity contribution < 1.29 is 28.7 Å². The van der Waals surface area contributed by atoms with Crippen LogP contribution in [-0.4, -0.2) is 43.5 Å². The van der Waals surface area contributed by atoms with E-state index >= 15 is 0 Å². The molecule has 0 saturated heterocycles. The van der Waals surface area contributed by atoms with Gasteiger partial charge in [0.2, 0.25) is 0 Å². The topological polar surface area (TPSA) is 115 Å². The molecule has 0 aliphatic rings. The molecule has 2 radical (unpaired) electrons. The average molecular weight is 285 g/mol. The van der Waals surface area contributed by atoms with E-state index in [9.17, 15) is 0 Å². The van der Waals surface area contributed by atoms with E-state index < -0.39 is 16.5 Å². The van der Waals surface area contributed by atoms with E-state index in [2.05, 4.69) is 0 Å². The first-order chi connectivity index (χ1) is 3.46. The molecule has 0 aromatic carbocycles. The van der Waals surface area contributed by atoms with Crippen LogP contribution in [0.15, 0.2) is 0 Å². The van der Waals surface area contributed by atoms with Crippen LogP contribution in [0.2, 0.25) is 0 Å². The molecule has 0 aromatic heterocycles. The summed E-state index contributed by atoms with van der Waals surface area (Å²) in [5.41, 5.74) is 0. The molecule has 9 heavy (non-hydrogen) atoms. The summed E-state index contributed by atoms with van der Waals surface area (Å²) in [6.45, 7) is 0. The zero-order valence-electron chi connectivity index (χ0n) is 4.31. The SMILES string of the molecule is O=[PH](O)O.O=[PH](O)O.[SnH2]. The van der Waals surface area contributed by atoms with Crippen LogP contribution in [0.4, 0.5) is 0 Å². The maximum absolute atomic E-state index is 8.74. The number of hydrogen-bond donors (Lipinski definition) is 4. The van der Waals surface area contributed by atoms with Crippen molar-refractivity contribution in [1.82, 2.24) is 0 Å². The molecule has 0 spiro atoms. The minimum atomic E-state index is -3.13. The first kappa shape index (κ1) is 16.6. The van der Waals surface area contributed by atoms with E-state index in [1.54, 1.807) is 0 Å². The van der Waals surface area contributed by atoms with E-state index in [0.29, 0.717) is 0 Å². The Labute approximate surface area is 69.4 Å². The molecule has 0 saturated carbocycles.